The van der Waals surface area contributed by atoms with Gasteiger partial charge in [-0.2, -0.15) is 18.3 Å². The van der Waals surface area contributed by atoms with E-state index < -0.39 is 17.8 Å². The van der Waals surface area contributed by atoms with Gasteiger partial charge in [-0.05, 0) is 55.3 Å². The number of halogens is 4. The fraction of sp³-hybridized carbons (Fsp3) is 0.310. The molecular weight excluding hydrogens is 557 g/mol. The van der Waals surface area contributed by atoms with Crippen LogP contribution in [0, 0.1) is 0 Å². The molecule has 0 radical (unpaired) electrons. The molecule has 0 saturated heterocycles. The molecule has 2 amide bonds. The van der Waals surface area contributed by atoms with Gasteiger partial charge in [-0.25, -0.2) is 14.5 Å². The first-order chi connectivity index (χ1) is 19.7. The Morgan fingerprint density at radius 2 is 1.83 bits per heavy atom. The van der Waals surface area contributed by atoms with Gasteiger partial charge in [-0.1, -0.05) is 36.6 Å². The quantitative estimate of drug-likeness (QED) is 0.237. The van der Waals surface area contributed by atoms with Crippen LogP contribution in [0.15, 0.2) is 67.0 Å². The van der Waals surface area contributed by atoms with Crippen molar-refractivity contribution in [2.75, 3.05) is 19.0 Å². The summed E-state index contributed by atoms with van der Waals surface area (Å²) in [5, 5.41) is 7.63. The molecule has 0 spiro atoms. The molecule has 4 aromatic rings. The SMILES string of the molecule is COc1ccc(-c2nc(-c3ccncc3)nn2CCN(C(=O)Nc2ccccc2C(F)(F)F)C2CCCC2)cc1Cl. The van der Waals surface area contributed by atoms with Gasteiger partial charge < -0.3 is 15.0 Å². The van der Waals surface area contributed by atoms with Gasteiger partial charge in [-0.15, -0.1) is 0 Å². The number of carbonyl (C=O) groups excluding carboxylic acids is 1. The third-order valence-corrected chi connectivity index (χ3v) is 7.37. The van der Waals surface area contributed by atoms with Crippen molar-refractivity contribution >= 4 is 23.3 Å². The smallest absolute Gasteiger partial charge is 0.418 e. The van der Waals surface area contributed by atoms with Gasteiger partial charge in [0.15, 0.2) is 11.6 Å². The number of para-hydroxylation sites is 1. The Labute approximate surface area is 240 Å². The summed E-state index contributed by atoms with van der Waals surface area (Å²) in [4.78, 5) is 23.9. The largest absolute Gasteiger partial charge is 0.495 e. The van der Waals surface area contributed by atoms with Crippen LogP contribution in [0.1, 0.15) is 31.2 Å². The second kappa shape index (κ2) is 12.2. The molecule has 8 nitrogen and oxygen atoms in total. The number of anilines is 1. The van der Waals surface area contributed by atoms with Gasteiger partial charge in [-0.3, -0.25) is 4.98 Å². The molecule has 2 heterocycles. The molecule has 0 aliphatic heterocycles. The highest BCUT2D eigenvalue weighted by atomic mass is 35.5. The number of nitrogens with zero attached hydrogens (tertiary/aromatic N) is 5. The van der Waals surface area contributed by atoms with Gasteiger partial charge in [0.05, 0.1) is 29.9 Å². The van der Waals surface area contributed by atoms with Crippen LogP contribution in [0.3, 0.4) is 0 Å². The van der Waals surface area contributed by atoms with Crippen molar-refractivity contribution in [2.45, 2.75) is 44.4 Å². The zero-order valence-corrected chi connectivity index (χ0v) is 23.0. The van der Waals surface area contributed by atoms with E-state index in [0.717, 1.165) is 37.3 Å². The zero-order chi connectivity index (χ0) is 29.0. The summed E-state index contributed by atoms with van der Waals surface area (Å²) >= 11 is 6.40. The Balaban J connectivity index is 1.45. The maximum Gasteiger partial charge on any atom is 0.418 e. The molecule has 2 aromatic heterocycles. The monoisotopic (exact) mass is 584 g/mol. The van der Waals surface area contributed by atoms with E-state index in [-0.39, 0.29) is 24.8 Å². The first kappa shape index (κ1) is 28.4. The molecule has 0 unspecified atom stereocenters. The second-order valence-corrected chi connectivity index (χ2v) is 10.1. The lowest BCUT2D eigenvalue weighted by Crippen LogP contribution is -2.43. The number of amides is 2. The average Bonchev–Trinajstić information content (AvgIpc) is 3.64. The number of ether oxygens (including phenoxy) is 1. The number of hydrogen-bond acceptors (Lipinski definition) is 5. The van der Waals surface area contributed by atoms with Crippen molar-refractivity contribution < 1.29 is 22.7 Å². The molecular formula is C29H28ClF3N6O2. The second-order valence-electron chi connectivity index (χ2n) is 9.67. The number of hydrogen-bond donors (Lipinski definition) is 1. The van der Waals surface area contributed by atoms with Crippen LogP contribution in [0.25, 0.3) is 22.8 Å². The molecule has 1 N–H and O–H groups in total. The Kier molecular flexibility index (Phi) is 8.44. The zero-order valence-electron chi connectivity index (χ0n) is 22.2. The first-order valence-electron chi connectivity index (χ1n) is 13.2. The van der Waals surface area contributed by atoms with Crippen LogP contribution in [0.5, 0.6) is 5.75 Å². The Morgan fingerprint density at radius 3 is 2.51 bits per heavy atom. The number of rotatable bonds is 8. The van der Waals surface area contributed by atoms with E-state index in [9.17, 15) is 18.0 Å². The molecule has 1 saturated carbocycles. The third-order valence-electron chi connectivity index (χ3n) is 7.07. The Bertz CT molecular complexity index is 1510. The summed E-state index contributed by atoms with van der Waals surface area (Å²) in [5.41, 5.74) is 0.285. The number of carbonyl (C=O) groups is 1. The maximum absolute atomic E-state index is 13.6. The van der Waals surface area contributed by atoms with Crippen LogP contribution in [-0.2, 0) is 12.7 Å². The number of benzene rings is 2. The minimum Gasteiger partial charge on any atom is -0.495 e. The normalized spacial score (nSPS) is 13.8. The highest BCUT2D eigenvalue weighted by Crippen LogP contribution is 2.35. The molecule has 0 atom stereocenters. The maximum atomic E-state index is 13.6. The fourth-order valence-corrected chi connectivity index (χ4v) is 5.29. The highest BCUT2D eigenvalue weighted by Gasteiger charge is 2.35. The van der Waals surface area contributed by atoms with Crippen LogP contribution in [-0.4, -0.2) is 50.4 Å². The molecule has 2 aromatic carbocycles. The predicted octanol–water partition coefficient (Wildman–Crippen LogP) is 7.16. The third kappa shape index (κ3) is 6.45. The molecule has 1 aliphatic rings. The lowest BCUT2D eigenvalue weighted by atomic mass is 10.1. The van der Waals surface area contributed by atoms with Crippen molar-refractivity contribution in [3.63, 3.8) is 0 Å². The molecule has 12 heteroatoms. The van der Waals surface area contributed by atoms with Crippen LogP contribution in [0.4, 0.5) is 23.7 Å². The summed E-state index contributed by atoms with van der Waals surface area (Å²) in [6.07, 6.45) is 2.12. The minimum atomic E-state index is -4.60. The van der Waals surface area contributed by atoms with Crippen LogP contribution in [0.2, 0.25) is 5.02 Å². The van der Waals surface area contributed by atoms with Gasteiger partial charge >= 0.3 is 12.2 Å². The average molecular weight is 585 g/mol. The number of urea groups is 1. The summed E-state index contributed by atoms with van der Waals surface area (Å²) in [6, 6.07) is 13.2. The van der Waals surface area contributed by atoms with Crippen molar-refractivity contribution in [3.05, 3.63) is 77.6 Å². The van der Waals surface area contributed by atoms with Crippen molar-refractivity contribution in [3.8, 4) is 28.5 Å². The summed E-state index contributed by atoms with van der Waals surface area (Å²) < 4.78 is 47.7. The van der Waals surface area contributed by atoms with Gasteiger partial charge in [0.25, 0.3) is 0 Å². The van der Waals surface area contributed by atoms with E-state index in [4.69, 9.17) is 26.4 Å². The van der Waals surface area contributed by atoms with Crippen LogP contribution < -0.4 is 10.1 Å². The van der Waals surface area contributed by atoms with Gasteiger partial charge in [0.2, 0.25) is 0 Å². The minimum absolute atomic E-state index is 0.102. The van der Waals surface area contributed by atoms with E-state index in [2.05, 4.69) is 10.3 Å². The van der Waals surface area contributed by atoms with Crippen molar-refractivity contribution in [1.29, 1.82) is 0 Å². The molecule has 5 rings (SSSR count). The summed E-state index contributed by atoms with van der Waals surface area (Å²) in [6.45, 7) is 0.461. The van der Waals surface area contributed by atoms with E-state index in [1.54, 1.807) is 46.2 Å². The van der Waals surface area contributed by atoms with E-state index in [0.29, 0.717) is 28.0 Å². The Hall–Kier alpha value is -4.12. The molecule has 1 fully saturated rings. The van der Waals surface area contributed by atoms with Gasteiger partial charge in [0.1, 0.15) is 5.75 Å². The number of aromatic nitrogens is 4. The highest BCUT2D eigenvalue weighted by molar-refractivity contribution is 6.32. The summed E-state index contributed by atoms with van der Waals surface area (Å²) in [5.74, 6) is 1.50. The van der Waals surface area contributed by atoms with Crippen LogP contribution >= 0.6 is 11.6 Å². The van der Waals surface area contributed by atoms with Gasteiger partial charge in [0, 0.05) is 36.1 Å². The number of nitrogens with one attached hydrogen (secondary N) is 1. The Morgan fingerprint density at radius 1 is 1.10 bits per heavy atom. The van der Waals surface area contributed by atoms with Crippen molar-refractivity contribution in [2.24, 2.45) is 0 Å². The van der Waals surface area contributed by atoms with E-state index in [1.165, 1.54) is 25.3 Å². The lowest BCUT2D eigenvalue weighted by Gasteiger charge is -2.29. The molecule has 214 valence electrons. The number of pyridine rings is 1. The van der Waals surface area contributed by atoms with Crippen molar-refractivity contribution in [1.82, 2.24) is 24.6 Å². The predicted molar refractivity (Wildman–Crippen MR) is 150 cm³/mol. The molecule has 1 aliphatic carbocycles. The molecule has 41 heavy (non-hydrogen) atoms. The molecule has 0 bridgehead atoms. The standard InChI is InChI=1S/C29H28ClF3N6O2/c1-41-25-11-10-20(18-23(25)30)27-36-26(19-12-14-34-15-13-19)37-39(27)17-16-38(21-6-2-3-7-21)28(40)35-24-9-5-4-8-22(24)29(31,32)33/h4-5,8-15,18,21H,2-3,6-7,16-17H2,1H3,(H,35,40). The first-order valence-corrected chi connectivity index (χ1v) is 13.6. The number of alkyl halides is 3. The topological polar surface area (TPSA) is 85.2 Å². The van der Waals surface area contributed by atoms with E-state index in [1.807, 2.05) is 6.07 Å². The number of methoxy groups -OCH3 is 1. The fourth-order valence-electron chi connectivity index (χ4n) is 5.03. The van der Waals surface area contributed by atoms with E-state index >= 15 is 0 Å². The lowest BCUT2D eigenvalue weighted by molar-refractivity contribution is -0.136. The summed E-state index contributed by atoms with van der Waals surface area (Å²) in [7, 11) is 1.53.